The van der Waals surface area contributed by atoms with Gasteiger partial charge in [0.05, 0.1) is 28.4 Å². The lowest BCUT2D eigenvalue weighted by Gasteiger charge is -2.31. The number of carbonyl (C=O) groups is 2. The Morgan fingerprint density at radius 1 is 1.12 bits per heavy atom. The van der Waals surface area contributed by atoms with Gasteiger partial charge in [-0.25, -0.2) is 8.42 Å². The highest BCUT2D eigenvalue weighted by molar-refractivity contribution is 8.03. The highest BCUT2D eigenvalue weighted by Gasteiger charge is 2.37. The number of carbonyl (C=O) groups excluding carboxylic acids is 2. The van der Waals surface area contributed by atoms with E-state index in [-0.39, 0.29) is 33.9 Å². The first-order chi connectivity index (χ1) is 16.1. The van der Waals surface area contributed by atoms with Gasteiger partial charge in [0.1, 0.15) is 0 Å². The van der Waals surface area contributed by atoms with Crippen molar-refractivity contribution in [1.82, 2.24) is 0 Å². The van der Waals surface area contributed by atoms with Crippen LogP contribution in [0, 0.1) is 13.8 Å². The van der Waals surface area contributed by atoms with Crippen LogP contribution >= 0.6 is 11.8 Å². The molecule has 0 saturated heterocycles. The number of ketones is 2. The maximum atomic E-state index is 13.9. The van der Waals surface area contributed by atoms with Gasteiger partial charge in [-0.2, -0.15) is 0 Å². The van der Waals surface area contributed by atoms with E-state index in [2.05, 4.69) is 0 Å². The molecule has 4 rings (SSSR count). The van der Waals surface area contributed by atoms with E-state index in [0.717, 1.165) is 16.2 Å². The van der Waals surface area contributed by atoms with Crippen LogP contribution in [-0.2, 0) is 19.4 Å². The number of fused-ring (bicyclic) bond motifs is 1. The Morgan fingerprint density at radius 2 is 1.82 bits per heavy atom. The van der Waals surface area contributed by atoms with E-state index in [1.54, 1.807) is 19.9 Å². The fourth-order valence-electron chi connectivity index (χ4n) is 4.86. The third-order valence-corrected chi connectivity index (χ3v) is 9.41. The third kappa shape index (κ3) is 4.79. The predicted molar refractivity (Wildman–Crippen MR) is 134 cm³/mol. The van der Waals surface area contributed by atoms with Crippen LogP contribution in [0.1, 0.15) is 72.7 Å². The van der Waals surface area contributed by atoms with Gasteiger partial charge in [0.2, 0.25) is 0 Å². The first kappa shape index (κ1) is 24.9. The molecule has 0 radical (unpaired) electrons. The molecule has 2 aliphatic rings. The van der Waals surface area contributed by atoms with Crippen LogP contribution in [0.5, 0.6) is 0 Å². The average molecular weight is 499 g/mol. The van der Waals surface area contributed by atoms with Crippen molar-refractivity contribution >= 4 is 33.2 Å². The van der Waals surface area contributed by atoms with Gasteiger partial charge in [-0.1, -0.05) is 30.0 Å². The van der Waals surface area contributed by atoms with Crippen molar-refractivity contribution in [3.05, 3.63) is 69.1 Å². The summed E-state index contributed by atoms with van der Waals surface area (Å²) in [5.74, 6) is -0.447. The van der Waals surface area contributed by atoms with Gasteiger partial charge in [-0.15, -0.1) is 0 Å². The zero-order valence-electron chi connectivity index (χ0n) is 20.0. The number of ether oxygens (including phenoxy) is 1. The van der Waals surface area contributed by atoms with E-state index in [4.69, 9.17) is 4.74 Å². The number of hydrogen-bond acceptors (Lipinski definition) is 6. The lowest BCUT2D eigenvalue weighted by molar-refractivity contribution is -0.115. The molecule has 1 unspecified atom stereocenters. The molecule has 0 aromatic heterocycles. The second-order valence-corrected chi connectivity index (χ2v) is 12.4. The molecule has 0 saturated carbocycles. The lowest BCUT2D eigenvalue weighted by atomic mass is 9.86. The van der Waals surface area contributed by atoms with Crippen molar-refractivity contribution in [3.8, 4) is 0 Å². The van der Waals surface area contributed by atoms with E-state index < -0.39 is 15.9 Å². The number of Topliss-reactive ketones (excluding diaryl/α,β-unsaturated/α-hetero) is 2. The second-order valence-electron chi connectivity index (χ2n) is 9.21. The van der Waals surface area contributed by atoms with Crippen molar-refractivity contribution in [2.45, 2.75) is 75.4 Å². The summed E-state index contributed by atoms with van der Waals surface area (Å²) >= 11 is 1.46. The number of allylic oxidation sites excluding steroid dienone is 2. The van der Waals surface area contributed by atoms with Crippen LogP contribution in [0.25, 0.3) is 0 Å². The van der Waals surface area contributed by atoms with Crippen LogP contribution in [0.2, 0.25) is 0 Å². The van der Waals surface area contributed by atoms with E-state index in [9.17, 15) is 18.0 Å². The number of hydrogen-bond donors (Lipinski definition) is 0. The average Bonchev–Trinajstić information content (AvgIpc) is 2.77. The molecule has 2 aromatic carbocycles. The van der Waals surface area contributed by atoms with Gasteiger partial charge in [0.25, 0.3) is 0 Å². The van der Waals surface area contributed by atoms with E-state index >= 15 is 0 Å². The van der Waals surface area contributed by atoms with Crippen molar-refractivity contribution in [3.63, 3.8) is 0 Å². The third-order valence-electron chi connectivity index (χ3n) is 6.31. The van der Waals surface area contributed by atoms with Crippen LogP contribution in [0.4, 0.5) is 0 Å². The largest absolute Gasteiger partial charge is 0.371 e. The first-order valence-corrected chi connectivity index (χ1v) is 14.1. The predicted octanol–water partition coefficient (Wildman–Crippen LogP) is 5.93. The molecule has 0 bridgehead atoms. The Labute approximate surface area is 205 Å². The summed E-state index contributed by atoms with van der Waals surface area (Å²) in [6, 6.07) is 11.4. The molecule has 1 aliphatic carbocycles. The summed E-state index contributed by atoms with van der Waals surface area (Å²) in [5, 5.41) is 0. The van der Waals surface area contributed by atoms with Gasteiger partial charge in [0.15, 0.2) is 21.4 Å². The van der Waals surface area contributed by atoms with E-state index in [1.807, 2.05) is 44.2 Å². The normalized spacial score (nSPS) is 19.9. The number of sulfone groups is 1. The van der Waals surface area contributed by atoms with Crippen molar-refractivity contribution in [2.75, 3.05) is 5.75 Å². The van der Waals surface area contributed by atoms with Crippen LogP contribution in [0.15, 0.2) is 56.7 Å². The van der Waals surface area contributed by atoms with E-state index in [1.165, 1.54) is 11.8 Å². The molecule has 7 heteroatoms. The van der Waals surface area contributed by atoms with Gasteiger partial charge >= 0.3 is 0 Å². The first-order valence-electron chi connectivity index (χ1n) is 11.7. The summed E-state index contributed by atoms with van der Waals surface area (Å²) in [4.78, 5) is 28.9. The Kier molecular flexibility index (Phi) is 7.17. The monoisotopic (exact) mass is 498 g/mol. The van der Waals surface area contributed by atoms with Crippen LogP contribution in [0.3, 0.4) is 0 Å². The molecule has 0 amide bonds. The number of rotatable bonds is 6. The summed E-state index contributed by atoms with van der Waals surface area (Å²) < 4.78 is 32.0. The lowest BCUT2D eigenvalue weighted by Crippen LogP contribution is -2.27. The molecular formula is C27H30O5S2. The summed E-state index contributed by atoms with van der Waals surface area (Å²) in [7, 11) is -3.47. The molecule has 2 aromatic rings. The summed E-state index contributed by atoms with van der Waals surface area (Å²) in [5.41, 5.74) is 2.32. The Hall–Kier alpha value is -2.22. The summed E-state index contributed by atoms with van der Waals surface area (Å²) in [6.07, 6.45) is 1.59. The Balaban J connectivity index is 1.86. The molecule has 1 atom stereocenters. The van der Waals surface area contributed by atoms with Crippen molar-refractivity contribution in [1.29, 1.82) is 0 Å². The maximum absolute atomic E-state index is 13.9. The minimum absolute atomic E-state index is 0.0203. The minimum atomic E-state index is -3.47. The quantitative estimate of drug-likeness (QED) is 0.363. The highest BCUT2D eigenvalue weighted by Crippen LogP contribution is 2.42. The van der Waals surface area contributed by atoms with Gasteiger partial charge < -0.3 is 4.74 Å². The molecule has 1 aliphatic heterocycles. The molecule has 1 heterocycles. The molecule has 0 N–H and O–H groups in total. The van der Waals surface area contributed by atoms with Crippen LogP contribution in [-0.4, -0.2) is 31.8 Å². The molecule has 0 spiro atoms. The second kappa shape index (κ2) is 9.80. The molecule has 5 nitrogen and oxygen atoms in total. The highest BCUT2D eigenvalue weighted by atomic mass is 32.2. The number of thioether (sulfide) groups is 1. The molecule has 0 fully saturated rings. The SMILES string of the molecule is Cc1cc(C(=O)C2=C(Sc3ccccc3)CCCC2=O)c(C)c2c1S(=O)(=O)CCC2OC(C)C. The fraction of sp³-hybridized carbons (Fsp3) is 0.407. The van der Waals surface area contributed by atoms with Gasteiger partial charge in [-0.3, -0.25) is 9.59 Å². The number of benzene rings is 2. The Bertz CT molecular complexity index is 1270. The Morgan fingerprint density at radius 3 is 2.50 bits per heavy atom. The van der Waals surface area contributed by atoms with Crippen LogP contribution < -0.4 is 0 Å². The van der Waals surface area contributed by atoms with Gasteiger partial charge in [-0.05, 0) is 76.3 Å². The smallest absolute Gasteiger partial charge is 0.197 e. The van der Waals surface area contributed by atoms with Gasteiger partial charge in [0, 0.05) is 27.3 Å². The van der Waals surface area contributed by atoms with Crippen molar-refractivity contribution < 1.29 is 22.7 Å². The standard InChI is InChI=1S/C27H30O5S2/c1-16(2)32-22-13-14-34(30,31)27-17(3)15-20(18(4)24(22)27)26(29)25-21(28)11-8-12-23(25)33-19-9-6-5-7-10-19/h5-7,9-10,15-16,22H,8,11-14H2,1-4H3. The van der Waals surface area contributed by atoms with E-state index in [0.29, 0.717) is 41.5 Å². The maximum Gasteiger partial charge on any atom is 0.197 e. The molecule has 180 valence electrons. The minimum Gasteiger partial charge on any atom is -0.371 e. The molecule has 34 heavy (non-hydrogen) atoms. The molecular weight excluding hydrogens is 468 g/mol. The fourth-order valence-corrected chi connectivity index (χ4v) is 7.89. The zero-order valence-corrected chi connectivity index (χ0v) is 21.6. The summed E-state index contributed by atoms with van der Waals surface area (Å²) in [6.45, 7) is 7.33. The van der Waals surface area contributed by atoms with Crippen molar-refractivity contribution in [2.24, 2.45) is 0 Å². The zero-order chi connectivity index (χ0) is 24.6. The number of aryl methyl sites for hydroxylation is 1. The topological polar surface area (TPSA) is 77.5 Å².